The predicted octanol–water partition coefficient (Wildman–Crippen LogP) is 5.25. The number of Topliss-reactive ketones (excluding diaryl/α,β-unsaturated/α-hetero) is 2. The summed E-state index contributed by atoms with van der Waals surface area (Å²) in [5.41, 5.74) is 2.70. The highest BCUT2D eigenvalue weighted by Gasteiger charge is 2.60. The van der Waals surface area contributed by atoms with Crippen LogP contribution in [0.5, 0.6) is 0 Å². The quantitative estimate of drug-likeness (QED) is 0.308. The van der Waals surface area contributed by atoms with Gasteiger partial charge in [0, 0.05) is 44.7 Å². The summed E-state index contributed by atoms with van der Waals surface area (Å²) < 4.78 is 5.55. The van der Waals surface area contributed by atoms with E-state index in [1.54, 1.807) is 0 Å². The summed E-state index contributed by atoms with van der Waals surface area (Å²) in [6.45, 7) is 11.3. The van der Waals surface area contributed by atoms with Crippen molar-refractivity contribution in [2.24, 2.45) is 28.6 Å². The van der Waals surface area contributed by atoms with E-state index in [0.29, 0.717) is 36.7 Å². The molecule has 4 rings (SSSR count). The third-order valence-corrected chi connectivity index (χ3v) is 10.1. The summed E-state index contributed by atoms with van der Waals surface area (Å²) >= 11 is 0. The molecule has 0 heterocycles. The Morgan fingerprint density at radius 3 is 2.42 bits per heavy atom. The van der Waals surface area contributed by atoms with Crippen LogP contribution in [0.4, 0.5) is 0 Å². The minimum Gasteiger partial charge on any atom is -0.462 e. The number of rotatable bonds is 6. The zero-order chi connectivity index (χ0) is 26.4. The summed E-state index contributed by atoms with van der Waals surface area (Å²) in [5, 5.41) is 2.83. The average molecular weight is 498 g/mol. The first-order valence-electron chi connectivity index (χ1n) is 13.8. The van der Waals surface area contributed by atoms with Gasteiger partial charge in [-0.2, -0.15) is 0 Å². The second-order valence-electron chi connectivity index (χ2n) is 12.4. The van der Waals surface area contributed by atoms with Gasteiger partial charge < -0.3 is 10.1 Å². The van der Waals surface area contributed by atoms with Crippen LogP contribution in [0.3, 0.4) is 0 Å². The molecule has 3 saturated carbocycles. The Morgan fingerprint density at radius 1 is 1.06 bits per heavy atom. The number of hydrogen-bond acceptors (Lipinski definition) is 5. The van der Waals surface area contributed by atoms with Crippen LogP contribution in [0.15, 0.2) is 22.8 Å². The van der Waals surface area contributed by atoms with Gasteiger partial charge in [0.05, 0.1) is 0 Å². The Labute approximate surface area is 215 Å². The molecule has 4 aliphatic rings. The van der Waals surface area contributed by atoms with Gasteiger partial charge in [-0.3, -0.25) is 19.2 Å². The molecular formula is C30H43NO5. The van der Waals surface area contributed by atoms with Gasteiger partial charge in [-0.25, -0.2) is 0 Å². The SMILES string of the molecule is CC(=O)N[C@H](C)CCC(=O)/C(C)=C1\C(=O)C[C@@H]2[C@H]3CC=C4C[C@@H](OC(C)=O)CC[C@]4(C)[C@@H]3CC[C@]12C. The smallest absolute Gasteiger partial charge is 0.302 e. The van der Waals surface area contributed by atoms with Crippen LogP contribution < -0.4 is 5.32 Å². The first-order valence-corrected chi connectivity index (χ1v) is 13.8. The normalized spacial score (nSPS) is 37.6. The van der Waals surface area contributed by atoms with Gasteiger partial charge in [0.25, 0.3) is 0 Å². The standard InChI is InChI=1S/C30H43NO5/c1-17(31-19(3)32)7-10-26(34)18(2)28-27(35)16-25-23-9-8-21-15-22(36-20(4)33)11-13-29(21,5)24(23)12-14-30(25,28)6/h8,17,22-25H,7,9-16H2,1-6H3,(H,31,32)/b28-18+/t17-,22+,23+,24-,25-,29+,30+/m1/s1. The summed E-state index contributed by atoms with van der Waals surface area (Å²) in [6, 6.07) is -0.0674. The molecule has 0 unspecified atom stereocenters. The number of carbonyl (C=O) groups excluding carboxylic acids is 4. The molecule has 36 heavy (non-hydrogen) atoms. The molecule has 0 saturated heterocycles. The molecule has 1 amide bonds. The number of ketones is 2. The number of amides is 1. The highest BCUT2D eigenvalue weighted by molar-refractivity contribution is 6.08. The van der Waals surface area contributed by atoms with Crippen LogP contribution in [0.2, 0.25) is 0 Å². The monoisotopic (exact) mass is 497 g/mol. The first kappa shape index (κ1) is 26.8. The van der Waals surface area contributed by atoms with E-state index in [4.69, 9.17) is 4.74 Å². The maximum atomic E-state index is 13.4. The Morgan fingerprint density at radius 2 is 1.75 bits per heavy atom. The van der Waals surface area contributed by atoms with E-state index in [1.165, 1.54) is 19.4 Å². The number of ether oxygens (including phenoxy) is 1. The van der Waals surface area contributed by atoms with Crippen molar-refractivity contribution >= 4 is 23.4 Å². The van der Waals surface area contributed by atoms with Crippen molar-refractivity contribution in [2.45, 2.75) is 111 Å². The average Bonchev–Trinajstić information content (AvgIpc) is 3.06. The molecule has 7 atom stereocenters. The topological polar surface area (TPSA) is 89.5 Å². The van der Waals surface area contributed by atoms with E-state index in [-0.39, 0.29) is 52.3 Å². The molecule has 4 aliphatic carbocycles. The number of esters is 1. The first-order chi connectivity index (χ1) is 16.9. The number of allylic oxidation sites excluding steroid dienone is 3. The Hall–Kier alpha value is -2.24. The van der Waals surface area contributed by atoms with Crippen LogP contribution in [-0.2, 0) is 23.9 Å². The van der Waals surface area contributed by atoms with Crippen molar-refractivity contribution in [2.75, 3.05) is 0 Å². The van der Waals surface area contributed by atoms with Crippen molar-refractivity contribution in [1.29, 1.82) is 0 Å². The van der Waals surface area contributed by atoms with E-state index in [2.05, 4.69) is 25.2 Å². The minimum absolute atomic E-state index is 0.0168. The molecule has 1 N–H and O–H groups in total. The second kappa shape index (κ2) is 9.90. The van der Waals surface area contributed by atoms with Gasteiger partial charge >= 0.3 is 5.97 Å². The van der Waals surface area contributed by atoms with Crippen LogP contribution in [0, 0.1) is 28.6 Å². The maximum Gasteiger partial charge on any atom is 0.302 e. The van der Waals surface area contributed by atoms with Crippen molar-refractivity contribution in [3.63, 3.8) is 0 Å². The van der Waals surface area contributed by atoms with Crippen LogP contribution >= 0.6 is 0 Å². The summed E-state index contributed by atoms with van der Waals surface area (Å²) in [6.07, 6.45) is 9.51. The minimum atomic E-state index is -0.252. The van der Waals surface area contributed by atoms with E-state index in [1.807, 2.05) is 13.8 Å². The van der Waals surface area contributed by atoms with E-state index in [9.17, 15) is 19.2 Å². The number of nitrogens with one attached hydrogen (secondary N) is 1. The van der Waals surface area contributed by atoms with Crippen molar-refractivity contribution < 1.29 is 23.9 Å². The molecule has 0 spiro atoms. The van der Waals surface area contributed by atoms with Gasteiger partial charge in [-0.05, 0) is 86.5 Å². The van der Waals surface area contributed by atoms with Gasteiger partial charge in [0.15, 0.2) is 11.6 Å². The lowest BCUT2D eigenvalue weighted by Crippen LogP contribution is -2.49. The van der Waals surface area contributed by atoms with Crippen LogP contribution in [-0.4, -0.2) is 35.6 Å². The van der Waals surface area contributed by atoms with Gasteiger partial charge in [-0.15, -0.1) is 0 Å². The van der Waals surface area contributed by atoms with Gasteiger partial charge in [0.2, 0.25) is 5.91 Å². The molecule has 0 bridgehead atoms. The summed E-state index contributed by atoms with van der Waals surface area (Å²) in [4.78, 5) is 49.4. The van der Waals surface area contributed by atoms with Gasteiger partial charge in [-0.1, -0.05) is 25.5 Å². The lowest BCUT2D eigenvalue weighted by Gasteiger charge is -2.57. The van der Waals surface area contributed by atoms with E-state index >= 15 is 0 Å². The van der Waals surface area contributed by atoms with Gasteiger partial charge in [0.1, 0.15) is 6.10 Å². The fourth-order valence-electron chi connectivity index (χ4n) is 8.32. The summed E-state index contributed by atoms with van der Waals surface area (Å²) in [7, 11) is 0. The van der Waals surface area contributed by atoms with Crippen molar-refractivity contribution in [3.8, 4) is 0 Å². The predicted molar refractivity (Wildman–Crippen MR) is 138 cm³/mol. The number of hydrogen-bond donors (Lipinski definition) is 1. The van der Waals surface area contributed by atoms with E-state index < -0.39 is 0 Å². The Kier molecular flexibility index (Phi) is 7.38. The molecule has 6 nitrogen and oxygen atoms in total. The van der Waals surface area contributed by atoms with Crippen molar-refractivity contribution in [3.05, 3.63) is 22.8 Å². The molecule has 6 heteroatoms. The number of carbonyl (C=O) groups is 4. The second-order valence-corrected chi connectivity index (χ2v) is 12.4. The lowest BCUT2D eigenvalue weighted by molar-refractivity contribution is -0.148. The molecule has 3 fully saturated rings. The molecule has 0 radical (unpaired) electrons. The van der Waals surface area contributed by atoms with Crippen molar-refractivity contribution in [1.82, 2.24) is 5.32 Å². The summed E-state index contributed by atoms with van der Waals surface area (Å²) in [5.74, 6) is 1.11. The highest BCUT2D eigenvalue weighted by atomic mass is 16.5. The highest BCUT2D eigenvalue weighted by Crippen LogP contribution is 2.65. The zero-order valence-electron chi connectivity index (χ0n) is 22.9. The lowest BCUT2D eigenvalue weighted by atomic mass is 9.47. The third-order valence-electron chi connectivity index (χ3n) is 10.1. The molecule has 0 aromatic rings. The molecule has 0 aromatic heterocycles. The Bertz CT molecular complexity index is 1020. The third kappa shape index (κ3) is 4.72. The molecule has 0 aliphatic heterocycles. The largest absolute Gasteiger partial charge is 0.462 e. The molecular weight excluding hydrogens is 454 g/mol. The molecule has 0 aromatic carbocycles. The fraction of sp³-hybridized carbons (Fsp3) is 0.733. The van der Waals surface area contributed by atoms with E-state index in [0.717, 1.165) is 44.1 Å². The fourth-order valence-corrected chi connectivity index (χ4v) is 8.32. The number of fused-ring (bicyclic) bond motifs is 5. The maximum absolute atomic E-state index is 13.4. The van der Waals surface area contributed by atoms with Crippen LogP contribution in [0.1, 0.15) is 99.3 Å². The zero-order valence-corrected chi connectivity index (χ0v) is 22.9. The van der Waals surface area contributed by atoms with Crippen LogP contribution in [0.25, 0.3) is 0 Å². The molecule has 198 valence electrons. The Balaban J connectivity index is 1.54.